The summed E-state index contributed by atoms with van der Waals surface area (Å²) in [5, 5.41) is 3.26. The minimum absolute atomic E-state index is 0.155. The number of amides is 1. The van der Waals surface area contributed by atoms with Crippen LogP contribution in [0.15, 0.2) is 59.1 Å². The number of rotatable bonds is 6. The van der Waals surface area contributed by atoms with Gasteiger partial charge in [-0.2, -0.15) is 0 Å². The van der Waals surface area contributed by atoms with Crippen LogP contribution in [-0.4, -0.2) is 10.9 Å². The molecule has 0 atom stereocenters. The van der Waals surface area contributed by atoms with Gasteiger partial charge in [-0.1, -0.05) is 41.9 Å². The average Bonchev–Trinajstić information content (AvgIpc) is 3.08. The van der Waals surface area contributed by atoms with Crippen LogP contribution >= 0.6 is 11.6 Å². The van der Waals surface area contributed by atoms with Crippen molar-refractivity contribution in [3.8, 4) is 11.3 Å². The zero-order valence-corrected chi connectivity index (χ0v) is 14.1. The Morgan fingerprint density at radius 3 is 2.72 bits per heavy atom. The highest BCUT2D eigenvalue weighted by Crippen LogP contribution is 2.28. The summed E-state index contributed by atoms with van der Waals surface area (Å²) in [6, 6.07) is 13.7. The molecule has 0 fully saturated rings. The normalized spacial score (nSPS) is 10.6. The summed E-state index contributed by atoms with van der Waals surface area (Å²) >= 11 is 6.13. The molecule has 25 heavy (non-hydrogen) atoms. The van der Waals surface area contributed by atoms with Gasteiger partial charge in [0.15, 0.2) is 11.7 Å². The van der Waals surface area contributed by atoms with E-state index in [9.17, 15) is 9.18 Å². The second-order valence-corrected chi connectivity index (χ2v) is 5.87. The molecule has 1 heterocycles. The molecule has 0 radical (unpaired) electrons. The molecule has 1 N–H and O–H groups in total. The Balaban J connectivity index is 1.53. The average molecular weight is 359 g/mol. The third kappa shape index (κ3) is 4.45. The van der Waals surface area contributed by atoms with E-state index in [2.05, 4.69) is 10.3 Å². The monoisotopic (exact) mass is 358 g/mol. The zero-order chi connectivity index (χ0) is 17.6. The Labute approximate surface area is 149 Å². The van der Waals surface area contributed by atoms with Crippen molar-refractivity contribution >= 4 is 17.5 Å². The standard InChI is InChI=1S/C19H16ClFN2O2/c20-15-7-3-2-6-14(15)17-12-23-19(25-17)10-9-18(24)22-11-13-5-1-4-8-16(13)21/h1-8,12H,9-11H2,(H,22,24). The van der Waals surface area contributed by atoms with Crippen LogP contribution in [0.25, 0.3) is 11.3 Å². The largest absolute Gasteiger partial charge is 0.441 e. The number of nitrogens with zero attached hydrogens (tertiary/aromatic N) is 1. The maximum absolute atomic E-state index is 13.5. The van der Waals surface area contributed by atoms with E-state index in [4.69, 9.17) is 16.0 Å². The second kappa shape index (κ2) is 7.94. The van der Waals surface area contributed by atoms with Crippen LogP contribution in [0, 0.1) is 5.82 Å². The minimum atomic E-state index is -0.333. The van der Waals surface area contributed by atoms with Gasteiger partial charge >= 0.3 is 0 Å². The van der Waals surface area contributed by atoms with Gasteiger partial charge in [0.05, 0.1) is 11.2 Å². The van der Waals surface area contributed by atoms with Crippen molar-refractivity contribution in [2.75, 3.05) is 0 Å². The predicted octanol–water partition coefficient (Wildman–Crippen LogP) is 4.38. The lowest BCUT2D eigenvalue weighted by Crippen LogP contribution is -2.23. The highest BCUT2D eigenvalue weighted by molar-refractivity contribution is 6.33. The summed E-state index contributed by atoms with van der Waals surface area (Å²) in [6.45, 7) is 0.155. The van der Waals surface area contributed by atoms with Crippen molar-refractivity contribution in [2.45, 2.75) is 19.4 Å². The van der Waals surface area contributed by atoms with E-state index < -0.39 is 0 Å². The molecule has 3 aromatic rings. The quantitative estimate of drug-likeness (QED) is 0.711. The number of carbonyl (C=O) groups excluding carboxylic acids is 1. The summed E-state index contributed by atoms with van der Waals surface area (Å²) in [4.78, 5) is 16.1. The smallest absolute Gasteiger partial charge is 0.220 e. The Hall–Kier alpha value is -2.66. The van der Waals surface area contributed by atoms with Gasteiger partial charge in [-0.05, 0) is 18.2 Å². The Morgan fingerprint density at radius 1 is 1.16 bits per heavy atom. The number of nitrogens with one attached hydrogen (secondary N) is 1. The Bertz CT molecular complexity index is 879. The molecule has 0 unspecified atom stereocenters. The highest BCUT2D eigenvalue weighted by Gasteiger charge is 2.11. The molecular weight excluding hydrogens is 343 g/mol. The van der Waals surface area contributed by atoms with E-state index in [-0.39, 0.29) is 24.7 Å². The van der Waals surface area contributed by atoms with Gasteiger partial charge in [0.2, 0.25) is 5.91 Å². The summed E-state index contributed by atoms with van der Waals surface area (Å²) in [6.07, 6.45) is 2.15. The molecule has 0 aliphatic heterocycles. The number of halogens is 2. The molecular formula is C19H16ClFN2O2. The lowest BCUT2D eigenvalue weighted by molar-refractivity contribution is -0.121. The van der Waals surface area contributed by atoms with Gasteiger partial charge < -0.3 is 9.73 Å². The summed E-state index contributed by atoms with van der Waals surface area (Å²) < 4.78 is 19.1. The fraction of sp³-hybridized carbons (Fsp3) is 0.158. The van der Waals surface area contributed by atoms with E-state index in [1.165, 1.54) is 6.07 Å². The third-order valence-electron chi connectivity index (χ3n) is 3.69. The Kier molecular flexibility index (Phi) is 5.46. The van der Waals surface area contributed by atoms with E-state index in [0.717, 1.165) is 5.56 Å². The van der Waals surface area contributed by atoms with Gasteiger partial charge in [0.1, 0.15) is 5.82 Å². The number of aromatic nitrogens is 1. The third-order valence-corrected chi connectivity index (χ3v) is 4.02. The topological polar surface area (TPSA) is 55.1 Å². The van der Waals surface area contributed by atoms with Gasteiger partial charge in [-0.25, -0.2) is 9.37 Å². The number of oxazole rings is 1. The molecule has 1 amide bonds. The van der Waals surface area contributed by atoms with E-state index in [1.54, 1.807) is 30.5 Å². The first kappa shape index (κ1) is 17.2. The van der Waals surface area contributed by atoms with Crippen molar-refractivity contribution in [1.82, 2.24) is 10.3 Å². The van der Waals surface area contributed by atoms with Crippen molar-refractivity contribution in [3.63, 3.8) is 0 Å². The van der Waals surface area contributed by atoms with Crippen LogP contribution in [-0.2, 0) is 17.8 Å². The molecule has 1 aromatic heterocycles. The van der Waals surface area contributed by atoms with E-state index in [0.29, 0.717) is 28.7 Å². The molecule has 0 saturated heterocycles. The molecule has 128 valence electrons. The lowest BCUT2D eigenvalue weighted by atomic mass is 10.2. The van der Waals surface area contributed by atoms with Gasteiger partial charge in [-0.3, -0.25) is 4.79 Å². The van der Waals surface area contributed by atoms with Crippen LogP contribution < -0.4 is 5.32 Å². The number of carbonyl (C=O) groups is 1. The number of aryl methyl sites for hydroxylation is 1. The SMILES string of the molecule is O=C(CCc1ncc(-c2ccccc2Cl)o1)NCc1ccccc1F. The molecule has 0 saturated carbocycles. The molecule has 0 aliphatic rings. The maximum Gasteiger partial charge on any atom is 0.220 e. The highest BCUT2D eigenvalue weighted by atomic mass is 35.5. The van der Waals surface area contributed by atoms with Crippen LogP contribution in [0.5, 0.6) is 0 Å². The van der Waals surface area contributed by atoms with Crippen LogP contribution in [0.2, 0.25) is 5.02 Å². The van der Waals surface area contributed by atoms with Gasteiger partial charge in [-0.15, -0.1) is 0 Å². The predicted molar refractivity (Wildman–Crippen MR) is 93.5 cm³/mol. The summed E-state index contributed by atoms with van der Waals surface area (Å²) in [5.41, 5.74) is 1.21. The maximum atomic E-state index is 13.5. The molecule has 0 spiro atoms. The van der Waals surface area contributed by atoms with Crippen molar-refractivity contribution in [3.05, 3.63) is 77.0 Å². The van der Waals surface area contributed by atoms with Crippen LogP contribution in [0.3, 0.4) is 0 Å². The summed E-state index contributed by atoms with van der Waals surface area (Å²) in [7, 11) is 0. The number of hydrogen-bond donors (Lipinski definition) is 1. The van der Waals surface area contributed by atoms with Crippen molar-refractivity contribution in [1.29, 1.82) is 0 Å². The fourth-order valence-corrected chi connectivity index (χ4v) is 2.58. The first-order valence-electron chi connectivity index (χ1n) is 7.83. The fourth-order valence-electron chi connectivity index (χ4n) is 2.36. The molecule has 0 bridgehead atoms. The molecule has 6 heteroatoms. The zero-order valence-electron chi connectivity index (χ0n) is 13.3. The number of hydrogen-bond acceptors (Lipinski definition) is 3. The molecule has 4 nitrogen and oxygen atoms in total. The first-order valence-corrected chi connectivity index (χ1v) is 8.21. The Morgan fingerprint density at radius 2 is 1.92 bits per heavy atom. The number of benzene rings is 2. The molecule has 2 aromatic carbocycles. The van der Waals surface area contributed by atoms with Crippen LogP contribution in [0.4, 0.5) is 4.39 Å². The second-order valence-electron chi connectivity index (χ2n) is 5.47. The first-order chi connectivity index (χ1) is 12.1. The van der Waals surface area contributed by atoms with Gasteiger partial charge in [0.25, 0.3) is 0 Å². The summed E-state index contributed by atoms with van der Waals surface area (Å²) in [5.74, 6) is 0.490. The van der Waals surface area contributed by atoms with E-state index in [1.807, 2.05) is 18.2 Å². The molecule has 0 aliphatic carbocycles. The minimum Gasteiger partial charge on any atom is -0.441 e. The van der Waals surface area contributed by atoms with Crippen molar-refractivity contribution < 1.29 is 13.6 Å². The van der Waals surface area contributed by atoms with Crippen LogP contribution in [0.1, 0.15) is 17.9 Å². The van der Waals surface area contributed by atoms with Crippen molar-refractivity contribution in [2.24, 2.45) is 0 Å². The molecule has 3 rings (SSSR count). The lowest BCUT2D eigenvalue weighted by Gasteiger charge is -2.05. The van der Waals surface area contributed by atoms with E-state index >= 15 is 0 Å². The van der Waals surface area contributed by atoms with Gasteiger partial charge in [0, 0.05) is 30.5 Å².